The largest absolute Gasteiger partial charge is 0.312 e. The van der Waals surface area contributed by atoms with Crippen molar-refractivity contribution in [1.29, 1.82) is 0 Å². The third kappa shape index (κ3) is 4.83. The first-order chi connectivity index (χ1) is 17.4. The van der Waals surface area contributed by atoms with Gasteiger partial charge in [0, 0.05) is 36.3 Å². The minimum absolute atomic E-state index is 0.0288. The zero-order valence-electron chi connectivity index (χ0n) is 21.0. The van der Waals surface area contributed by atoms with Crippen LogP contribution in [0.1, 0.15) is 29.7 Å². The lowest BCUT2D eigenvalue weighted by Crippen LogP contribution is -2.32. The molecule has 184 valence electrons. The number of fused-ring (bicyclic) bond motifs is 3. The maximum atomic E-state index is 13.2. The number of para-hydroxylation sites is 1. The van der Waals surface area contributed by atoms with Gasteiger partial charge in [0.25, 0.3) is 0 Å². The molecule has 5 rings (SSSR count). The zero-order valence-corrected chi connectivity index (χ0v) is 21.8. The molecule has 0 saturated carbocycles. The van der Waals surface area contributed by atoms with Gasteiger partial charge in [-0.1, -0.05) is 36.0 Å². The molecular weight excluding hydrogens is 470 g/mol. The van der Waals surface area contributed by atoms with E-state index >= 15 is 0 Å². The van der Waals surface area contributed by atoms with Crippen LogP contribution in [0.4, 0.5) is 5.69 Å². The first-order valence-corrected chi connectivity index (χ1v) is 13.1. The van der Waals surface area contributed by atoms with E-state index in [0.717, 1.165) is 45.0 Å². The molecule has 36 heavy (non-hydrogen) atoms. The van der Waals surface area contributed by atoms with Crippen molar-refractivity contribution in [2.45, 2.75) is 45.8 Å². The molecule has 0 aliphatic heterocycles. The SMILES string of the molecule is CCN(C(=O)CSc1nc2ccccc2c2nc(CCn3nc(C)cc3C)nn12)c1cccc(C)c1. The van der Waals surface area contributed by atoms with Crippen molar-refractivity contribution >= 4 is 39.9 Å². The van der Waals surface area contributed by atoms with Gasteiger partial charge in [-0.2, -0.15) is 9.61 Å². The lowest BCUT2D eigenvalue weighted by Gasteiger charge is -2.21. The van der Waals surface area contributed by atoms with Gasteiger partial charge in [0.15, 0.2) is 16.6 Å². The number of anilines is 1. The number of thioether (sulfide) groups is 1. The molecule has 0 aliphatic carbocycles. The third-order valence-electron chi connectivity index (χ3n) is 6.10. The summed E-state index contributed by atoms with van der Waals surface area (Å²) in [4.78, 5) is 24.7. The van der Waals surface area contributed by atoms with E-state index in [1.54, 1.807) is 9.42 Å². The van der Waals surface area contributed by atoms with E-state index < -0.39 is 0 Å². The molecule has 5 aromatic rings. The number of carbonyl (C=O) groups excluding carboxylic acids is 1. The smallest absolute Gasteiger partial charge is 0.237 e. The highest BCUT2D eigenvalue weighted by Gasteiger charge is 2.18. The molecule has 9 heteroatoms. The Bertz CT molecular complexity index is 1550. The normalized spacial score (nSPS) is 11.4. The van der Waals surface area contributed by atoms with Crippen LogP contribution in [0, 0.1) is 20.8 Å². The predicted octanol–water partition coefficient (Wildman–Crippen LogP) is 4.79. The number of hydrogen-bond acceptors (Lipinski definition) is 6. The van der Waals surface area contributed by atoms with Crippen LogP contribution in [0.3, 0.4) is 0 Å². The first kappa shape index (κ1) is 24.0. The highest BCUT2D eigenvalue weighted by molar-refractivity contribution is 7.99. The number of benzene rings is 2. The molecule has 2 aromatic carbocycles. The summed E-state index contributed by atoms with van der Waals surface area (Å²) in [6, 6.07) is 18.0. The molecule has 0 unspecified atom stereocenters. The highest BCUT2D eigenvalue weighted by Crippen LogP contribution is 2.25. The molecule has 0 saturated heterocycles. The quantitative estimate of drug-likeness (QED) is 0.226. The second-order valence-corrected chi connectivity index (χ2v) is 9.78. The molecule has 0 aliphatic rings. The summed E-state index contributed by atoms with van der Waals surface area (Å²) in [6.07, 6.45) is 0.651. The van der Waals surface area contributed by atoms with E-state index in [-0.39, 0.29) is 11.7 Å². The van der Waals surface area contributed by atoms with Crippen LogP contribution in [-0.2, 0) is 17.8 Å². The molecule has 0 fully saturated rings. The van der Waals surface area contributed by atoms with Gasteiger partial charge < -0.3 is 4.90 Å². The fourth-order valence-electron chi connectivity index (χ4n) is 4.38. The Balaban J connectivity index is 1.42. The molecule has 0 atom stereocenters. The lowest BCUT2D eigenvalue weighted by atomic mass is 10.2. The van der Waals surface area contributed by atoms with Crippen molar-refractivity contribution in [1.82, 2.24) is 29.4 Å². The Morgan fingerprint density at radius 3 is 2.58 bits per heavy atom. The van der Waals surface area contributed by atoms with Crippen LogP contribution in [0.25, 0.3) is 16.6 Å². The number of amides is 1. The molecular formula is C27H29N7OS. The molecule has 0 bridgehead atoms. The Labute approximate surface area is 214 Å². The standard InChI is InChI=1S/C27H29N7OS/c1-5-32(21-10-8-9-18(2)15-21)25(35)17-36-27-28-23-12-7-6-11-22(23)26-29-24(31-34(26)27)13-14-33-20(4)16-19(3)30-33/h6-12,15-16H,5,13-14,17H2,1-4H3. The topological polar surface area (TPSA) is 81.2 Å². The molecule has 0 N–H and O–H groups in total. The first-order valence-electron chi connectivity index (χ1n) is 12.1. The van der Waals surface area contributed by atoms with Crippen molar-refractivity contribution in [2.24, 2.45) is 0 Å². The van der Waals surface area contributed by atoms with Crippen LogP contribution in [0.15, 0.2) is 59.8 Å². The van der Waals surface area contributed by atoms with Gasteiger partial charge in [0.05, 0.1) is 17.0 Å². The molecule has 0 radical (unpaired) electrons. The number of aromatic nitrogens is 6. The molecule has 0 spiro atoms. The van der Waals surface area contributed by atoms with Crippen molar-refractivity contribution < 1.29 is 4.79 Å². The predicted molar refractivity (Wildman–Crippen MR) is 144 cm³/mol. The van der Waals surface area contributed by atoms with Crippen molar-refractivity contribution in [3.63, 3.8) is 0 Å². The van der Waals surface area contributed by atoms with E-state index in [2.05, 4.69) is 18.1 Å². The van der Waals surface area contributed by atoms with Gasteiger partial charge in [-0.25, -0.2) is 9.97 Å². The van der Waals surface area contributed by atoms with Crippen LogP contribution in [0.2, 0.25) is 0 Å². The average Bonchev–Trinajstić information content (AvgIpc) is 3.44. The second-order valence-electron chi connectivity index (χ2n) is 8.84. The average molecular weight is 500 g/mol. The zero-order chi connectivity index (χ0) is 25.2. The fraction of sp³-hybridized carbons (Fsp3) is 0.296. The fourth-order valence-corrected chi connectivity index (χ4v) is 5.20. The number of carbonyl (C=O) groups is 1. The Kier molecular flexibility index (Phi) is 6.73. The van der Waals surface area contributed by atoms with Crippen LogP contribution in [-0.4, -0.2) is 47.6 Å². The molecule has 1 amide bonds. The minimum Gasteiger partial charge on any atom is -0.312 e. The van der Waals surface area contributed by atoms with E-state index in [1.807, 2.05) is 74.0 Å². The van der Waals surface area contributed by atoms with Crippen LogP contribution >= 0.6 is 11.8 Å². The van der Waals surface area contributed by atoms with Crippen molar-refractivity contribution in [3.8, 4) is 0 Å². The summed E-state index contributed by atoms with van der Waals surface area (Å²) in [5.41, 5.74) is 5.74. The van der Waals surface area contributed by atoms with Crippen LogP contribution in [0.5, 0.6) is 0 Å². The summed E-state index contributed by atoms with van der Waals surface area (Å²) in [5.74, 6) is 1.01. The Morgan fingerprint density at radius 1 is 1.00 bits per heavy atom. The molecule has 3 heterocycles. The van der Waals surface area contributed by atoms with E-state index in [4.69, 9.17) is 15.1 Å². The van der Waals surface area contributed by atoms with Crippen LogP contribution < -0.4 is 4.90 Å². The van der Waals surface area contributed by atoms with Gasteiger partial charge in [0.2, 0.25) is 5.91 Å². The van der Waals surface area contributed by atoms with Gasteiger partial charge in [-0.15, -0.1) is 5.10 Å². The third-order valence-corrected chi connectivity index (χ3v) is 7.01. The lowest BCUT2D eigenvalue weighted by molar-refractivity contribution is -0.116. The summed E-state index contributed by atoms with van der Waals surface area (Å²) in [7, 11) is 0. The molecule has 3 aromatic heterocycles. The van der Waals surface area contributed by atoms with Gasteiger partial charge in [-0.05, 0) is 63.6 Å². The number of aryl methyl sites for hydroxylation is 5. The summed E-state index contributed by atoms with van der Waals surface area (Å²) >= 11 is 1.39. The minimum atomic E-state index is 0.0288. The summed E-state index contributed by atoms with van der Waals surface area (Å²) in [6.45, 7) is 9.37. The van der Waals surface area contributed by atoms with E-state index in [0.29, 0.717) is 24.7 Å². The van der Waals surface area contributed by atoms with Crippen molar-refractivity contribution in [2.75, 3.05) is 17.2 Å². The summed E-state index contributed by atoms with van der Waals surface area (Å²) < 4.78 is 3.76. The van der Waals surface area contributed by atoms with E-state index in [1.165, 1.54) is 11.8 Å². The van der Waals surface area contributed by atoms with Crippen molar-refractivity contribution in [3.05, 3.63) is 77.4 Å². The number of rotatable bonds is 8. The highest BCUT2D eigenvalue weighted by atomic mass is 32.2. The molecule has 8 nitrogen and oxygen atoms in total. The van der Waals surface area contributed by atoms with Gasteiger partial charge in [0.1, 0.15) is 0 Å². The summed E-state index contributed by atoms with van der Waals surface area (Å²) in [5, 5.41) is 10.9. The number of nitrogens with zero attached hydrogens (tertiary/aromatic N) is 7. The van der Waals surface area contributed by atoms with Gasteiger partial charge in [-0.3, -0.25) is 9.48 Å². The Hall–Kier alpha value is -3.72. The maximum absolute atomic E-state index is 13.2. The van der Waals surface area contributed by atoms with Gasteiger partial charge >= 0.3 is 0 Å². The maximum Gasteiger partial charge on any atom is 0.237 e. The number of hydrogen-bond donors (Lipinski definition) is 0. The Morgan fingerprint density at radius 2 is 1.83 bits per heavy atom. The second kappa shape index (κ2) is 10.1. The van der Waals surface area contributed by atoms with E-state index in [9.17, 15) is 4.79 Å². The monoisotopic (exact) mass is 499 g/mol.